The fraction of sp³-hybridized carbons (Fsp3) is 0.462. The van der Waals surface area contributed by atoms with E-state index in [0.717, 1.165) is 0 Å². The van der Waals surface area contributed by atoms with Crippen molar-refractivity contribution in [2.75, 3.05) is 18.0 Å². The lowest BCUT2D eigenvalue weighted by atomic mass is 9.90. The van der Waals surface area contributed by atoms with E-state index in [9.17, 15) is 9.18 Å². The monoisotopic (exact) mass is 273 g/mol. The van der Waals surface area contributed by atoms with Crippen LogP contribution >= 0.6 is 11.6 Å². The van der Waals surface area contributed by atoms with Crippen LogP contribution in [0.15, 0.2) is 18.2 Å². The number of nitrogens with zero attached hydrogens (tertiary/aromatic N) is 1. The second-order valence-electron chi connectivity index (χ2n) is 4.64. The van der Waals surface area contributed by atoms with Crippen molar-refractivity contribution in [2.24, 2.45) is 5.41 Å². The van der Waals surface area contributed by atoms with Gasteiger partial charge in [0.15, 0.2) is 0 Å². The molecule has 1 saturated heterocycles. The number of aliphatic carboxylic acids is 1. The largest absolute Gasteiger partial charge is 0.481 e. The van der Waals surface area contributed by atoms with Crippen LogP contribution in [0.5, 0.6) is 0 Å². The summed E-state index contributed by atoms with van der Waals surface area (Å²) in [5, 5.41) is 9.19. The van der Waals surface area contributed by atoms with Crippen molar-refractivity contribution in [1.82, 2.24) is 0 Å². The van der Waals surface area contributed by atoms with Gasteiger partial charge in [0.2, 0.25) is 0 Å². The van der Waals surface area contributed by atoms with Crippen LogP contribution in [-0.2, 0) is 4.79 Å². The van der Waals surface area contributed by atoms with E-state index in [-0.39, 0.29) is 12.4 Å². The summed E-state index contributed by atoms with van der Waals surface area (Å²) in [6.45, 7) is 2.72. The molecule has 0 amide bonds. The summed E-state index contributed by atoms with van der Waals surface area (Å²) < 4.78 is 13.3. The number of anilines is 1. The number of rotatable bonds is 2. The van der Waals surface area contributed by atoms with Gasteiger partial charge in [-0.3, -0.25) is 4.79 Å². The lowest BCUT2D eigenvalue weighted by Gasteiger charge is -2.21. The molecule has 1 fully saturated rings. The first-order valence-electron chi connectivity index (χ1n) is 5.36. The standard InChI is InChI=1S/C12H13ClFNO2.CH4/c1-12(11(16)17)4-5-15(7-12)8-2-3-9(13)10(14)6-8;/h2-3,6H,4-5,7H2,1H3,(H,16,17);1H4/t12-;/m1./s1. The van der Waals surface area contributed by atoms with E-state index >= 15 is 0 Å². The zero-order chi connectivity index (χ0) is 12.6. The zero-order valence-electron chi connectivity index (χ0n) is 9.41. The fourth-order valence-corrected chi connectivity index (χ4v) is 2.16. The van der Waals surface area contributed by atoms with Gasteiger partial charge >= 0.3 is 5.97 Å². The predicted molar refractivity (Wildman–Crippen MR) is 70.7 cm³/mol. The van der Waals surface area contributed by atoms with Gasteiger partial charge in [0.25, 0.3) is 0 Å². The average molecular weight is 274 g/mol. The van der Waals surface area contributed by atoms with Gasteiger partial charge in [-0.25, -0.2) is 4.39 Å². The van der Waals surface area contributed by atoms with Crippen molar-refractivity contribution in [3.05, 3.63) is 29.0 Å². The highest BCUT2D eigenvalue weighted by molar-refractivity contribution is 6.30. The summed E-state index contributed by atoms with van der Waals surface area (Å²) >= 11 is 5.61. The normalized spacial score (nSPS) is 22.7. The quantitative estimate of drug-likeness (QED) is 0.898. The van der Waals surface area contributed by atoms with Crippen molar-refractivity contribution in [3.63, 3.8) is 0 Å². The first kappa shape index (κ1) is 14.8. The maximum atomic E-state index is 13.3. The Hall–Kier alpha value is -1.29. The summed E-state index contributed by atoms with van der Waals surface area (Å²) in [6, 6.07) is 4.54. The van der Waals surface area contributed by atoms with Gasteiger partial charge in [0, 0.05) is 18.8 Å². The maximum Gasteiger partial charge on any atom is 0.311 e. The Morgan fingerprint density at radius 3 is 2.72 bits per heavy atom. The zero-order valence-corrected chi connectivity index (χ0v) is 10.2. The number of benzene rings is 1. The molecule has 0 radical (unpaired) electrons. The third-order valence-corrected chi connectivity index (χ3v) is 3.56. The van der Waals surface area contributed by atoms with Crippen molar-refractivity contribution >= 4 is 23.3 Å². The van der Waals surface area contributed by atoms with Crippen LogP contribution in [0.2, 0.25) is 5.02 Å². The molecule has 1 aromatic rings. The van der Waals surface area contributed by atoms with Crippen molar-refractivity contribution in [3.8, 4) is 0 Å². The molecule has 5 heteroatoms. The molecule has 1 atom stereocenters. The van der Waals surface area contributed by atoms with Crippen molar-refractivity contribution in [1.29, 1.82) is 0 Å². The first-order valence-corrected chi connectivity index (χ1v) is 5.73. The highest BCUT2D eigenvalue weighted by Gasteiger charge is 2.40. The Morgan fingerprint density at radius 2 is 2.22 bits per heavy atom. The van der Waals surface area contributed by atoms with E-state index in [1.807, 2.05) is 4.90 Å². The van der Waals surface area contributed by atoms with Crippen molar-refractivity contribution < 1.29 is 14.3 Å². The molecule has 18 heavy (non-hydrogen) atoms. The number of halogens is 2. The van der Waals surface area contributed by atoms with Gasteiger partial charge in [-0.1, -0.05) is 19.0 Å². The lowest BCUT2D eigenvalue weighted by Crippen LogP contribution is -2.31. The van der Waals surface area contributed by atoms with Gasteiger partial charge in [0.05, 0.1) is 10.4 Å². The molecule has 0 aliphatic carbocycles. The fourth-order valence-electron chi connectivity index (χ4n) is 2.04. The molecule has 1 aromatic carbocycles. The van der Waals surface area contributed by atoms with Gasteiger partial charge < -0.3 is 10.0 Å². The number of carboxylic acids is 1. The molecule has 1 aliphatic rings. The van der Waals surface area contributed by atoms with E-state index in [0.29, 0.717) is 25.2 Å². The van der Waals surface area contributed by atoms with Crippen LogP contribution in [-0.4, -0.2) is 24.2 Å². The molecular formula is C13H17ClFNO2. The molecule has 3 nitrogen and oxygen atoms in total. The Labute approximate surface area is 111 Å². The van der Waals surface area contributed by atoms with E-state index < -0.39 is 17.2 Å². The number of hydrogen-bond acceptors (Lipinski definition) is 2. The maximum absolute atomic E-state index is 13.3. The molecule has 0 bridgehead atoms. The van der Waals surface area contributed by atoms with Crippen LogP contribution < -0.4 is 4.90 Å². The highest BCUT2D eigenvalue weighted by Crippen LogP contribution is 2.34. The summed E-state index contributed by atoms with van der Waals surface area (Å²) in [4.78, 5) is 13.0. The second kappa shape index (κ2) is 5.14. The van der Waals surface area contributed by atoms with Crippen LogP contribution in [0.3, 0.4) is 0 Å². The third kappa shape index (κ3) is 2.58. The minimum absolute atomic E-state index is 0. The Morgan fingerprint density at radius 1 is 1.56 bits per heavy atom. The van der Waals surface area contributed by atoms with Crippen LogP contribution in [0.4, 0.5) is 10.1 Å². The second-order valence-corrected chi connectivity index (χ2v) is 5.04. The predicted octanol–water partition coefficient (Wildman–Crippen LogP) is 3.42. The topological polar surface area (TPSA) is 40.5 Å². The summed E-state index contributed by atoms with van der Waals surface area (Å²) in [7, 11) is 0. The first-order chi connectivity index (χ1) is 7.92. The molecule has 0 aromatic heterocycles. The molecule has 1 heterocycles. The van der Waals surface area contributed by atoms with E-state index in [1.165, 1.54) is 12.1 Å². The number of carbonyl (C=O) groups is 1. The molecule has 2 rings (SSSR count). The minimum atomic E-state index is -0.811. The minimum Gasteiger partial charge on any atom is -0.481 e. The van der Waals surface area contributed by atoms with Gasteiger partial charge in [-0.2, -0.15) is 0 Å². The SMILES string of the molecule is C.C[C@@]1(C(=O)O)CCN(c2ccc(Cl)c(F)c2)C1. The smallest absolute Gasteiger partial charge is 0.311 e. The number of hydrogen-bond donors (Lipinski definition) is 1. The molecule has 100 valence electrons. The lowest BCUT2D eigenvalue weighted by molar-refractivity contribution is -0.146. The molecule has 0 unspecified atom stereocenters. The summed E-state index contributed by atoms with van der Waals surface area (Å²) in [5.41, 5.74) is -0.0762. The van der Waals surface area contributed by atoms with E-state index in [2.05, 4.69) is 0 Å². The van der Waals surface area contributed by atoms with Gasteiger partial charge in [-0.15, -0.1) is 0 Å². The summed E-state index contributed by atoms with van der Waals surface area (Å²) in [6.07, 6.45) is 0.562. The van der Waals surface area contributed by atoms with E-state index in [1.54, 1.807) is 13.0 Å². The van der Waals surface area contributed by atoms with Crippen molar-refractivity contribution in [2.45, 2.75) is 20.8 Å². The third-order valence-electron chi connectivity index (χ3n) is 3.26. The van der Waals surface area contributed by atoms with Gasteiger partial charge in [-0.05, 0) is 31.5 Å². The van der Waals surface area contributed by atoms with Crippen LogP contribution in [0, 0.1) is 11.2 Å². The van der Waals surface area contributed by atoms with Crippen LogP contribution in [0.1, 0.15) is 20.8 Å². The Kier molecular flexibility index (Phi) is 4.22. The Balaban J connectivity index is 0.00000162. The summed E-state index contributed by atoms with van der Waals surface area (Å²) in [5.74, 6) is -1.29. The Bertz CT molecular complexity index is 466. The molecular weight excluding hydrogens is 257 g/mol. The van der Waals surface area contributed by atoms with Gasteiger partial charge in [0.1, 0.15) is 5.82 Å². The van der Waals surface area contributed by atoms with Crippen LogP contribution in [0.25, 0.3) is 0 Å². The van der Waals surface area contributed by atoms with E-state index in [4.69, 9.17) is 16.7 Å². The highest BCUT2D eigenvalue weighted by atomic mass is 35.5. The molecule has 1 aliphatic heterocycles. The molecule has 1 N–H and O–H groups in total. The average Bonchev–Trinajstić information content (AvgIpc) is 2.67. The molecule has 0 spiro atoms. The number of carboxylic acid groups (broad SMARTS) is 1. The molecule has 0 saturated carbocycles.